The molecular weight excluding hydrogens is 316 g/mol. The summed E-state index contributed by atoms with van der Waals surface area (Å²) >= 11 is 0. The maximum atomic E-state index is 12.1. The van der Waals surface area contributed by atoms with Crippen molar-refractivity contribution >= 4 is 11.6 Å². The maximum Gasteiger partial charge on any atom is 0.230 e. The number of anilines is 1. The number of hydrogen-bond acceptors (Lipinski definition) is 4. The minimum Gasteiger partial charge on any atom is -0.490 e. The van der Waals surface area contributed by atoms with Crippen molar-refractivity contribution in [3.63, 3.8) is 0 Å². The number of amides is 1. The first-order valence-corrected chi connectivity index (χ1v) is 8.28. The summed E-state index contributed by atoms with van der Waals surface area (Å²) in [5.74, 6) is 1.46. The fourth-order valence-electron chi connectivity index (χ4n) is 3.00. The van der Waals surface area contributed by atoms with Crippen molar-refractivity contribution in [3.05, 3.63) is 65.9 Å². The normalized spacial score (nSPS) is 15.5. The van der Waals surface area contributed by atoms with Crippen molar-refractivity contribution in [1.82, 2.24) is 5.16 Å². The number of carbonyl (C=O) groups is 1. The third-order valence-electron chi connectivity index (χ3n) is 4.14. The Morgan fingerprint density at radius 3 is 2.88 bits per heavy atom. The van der Waals surface area contributed by atoms with Gasteiger partial charge in [-0.3, -0.25) is 4.79 Å². The van der Waals surface area contributed by atoms with Gasteiger partial charge in [-0.15, -0.1) is 0 Å². The topological polar surface area (TPSA) is 64.4 Å². The molecule has 0 bridgehead atoms. The summed E-state index contributed by atoms with van der Waals surface area (Å²) in [6, 6.07) is 17.1. The molecule has 5 nitrogen and oxygen atoms in total. The highest BCUT2D eigenvalue weighted by Crippen LogP contribution is 2.33. The first-order valence-electron chi connectivity index (χ1n) is 8.28. The van der Waals surface area contributed by atoms with E-state index in [9.17, 15) is 4.79 Å². The van der Waals surface area contributed by atoms with Crippen LogP contribution >= 0.6 is 0 Å². The van der Waals surface area contributed by atoms with E-state index in [4.69, 9.17) is 9.26 Å². The van der Waals surface area contributed by atoms with E-state index in [-0.39, 0.29) is 18.4 Å². The number of nitrogens with zero attached hydrogens (tertiary/aromatic N) is 1. The van der Waals surface area contributed by atoms with Crippen LogP contribution in [-0.4, -0.2) is 17.2 Å². The largest absolute Gasteiger partial charge is 0.490 e. The molecule has 1 aromatic heterocycles. The molecule has 2 heterocycles. The molecule has 1 aliphatic heterocycles. The smallest absolute Gasteiger partial charge is 0.230 e. The fraction of sp³-hybridized carbons (Fsp3) is 0.200. The van der Waals surface area contributed by atoms with Crippen molar-refractivity contribution < 1.29 is 14.1 Å². The number of carbonyl (C=O) groups excluding carboxylic acids is 1. The molecule has 4 rings (SSSR count). The number of fused-ring (bicyclic) bond motifs is 1. The van der Waals surface area contributed by atoms with Crippen LogP contribution in [0.3, 0.4) is 0 Å². The maximum absolute atomic E-state index is 12.1. The van der Waals surface area contributed by atoms with Crippen LogP contribution in [-0.2, 0) is 17.6 Å². The fourth-order valence-corrected chi connectivity index (χ4v) is 3.00. The first kappa shape index (κ1) is 15.4. The Balaban J connectivity index is 1.46. The van der Waals surface area contributed by atoms with Crippen LogP contribution in [0.15, 0.2) is 59.1 Å². The SMILES string of the molecule is CC1Cc2cc(-c3cc(CC(=O)Nc4ccccc4)no3)ccc2O1. The number of ether oxygens (including phenoxy) is 1. The molecule has 1 aliphatic rings. The van der Waals surface area contributed by atoms with Crippen molar-refractivity contribution in [2.45, 2.75) is 25.9 Å². The minimum absolute atomic E-state index is 0.123. The Bertz CT molecular complexity index is 902. The Morgan fingerprint density at radius 1 is 1.20 bits per heavy atom. The van der Waals surface area contributed by atoms with Crippen molar-refractivity contribution in [2.75, 3.05) is 5.32 Å². The van der Waals surface area contributed by atoms with Gasteiger partial charge in [0.05, 0.1) is 12.1 Å². The first-order chi connectivity index (χ1) is 12.2. The molecule has 1 unspecified atom stereocenters. The van der Waals surface area contributed by atoms with Crippen molar-refractivity contribution in [2.24, 2.45) is 0 Å². The lowest BCUT2D eigenvalue weighted by atomic mass is 10.1. The molecule has 2 aromatic carbocycles. The van der Waals surface area contributed by atoms with Crippen LogP contribution in [0.5, 0.6) is 5.75 Å². The molecule has 3 aromatic rings. The Kier molecular flexibility index (Phi) is 3.98. The lowest BCUT2D eigenvalue weighted by Crippen LogP contribution is -2.14. The second kappa shape index (κ2) is 6.43. The number of nitrogens with one attached hydrogen (secondary N) is 1. The molecule has 0 radical (unpaired) electrons. The van der Waals surface area contributed by atoms with Crippen LogP contribution in [0.25, 0.3) is 11.3 Å². The summed E-state index contributed by atoms with van der Waals surface area (Å²) in [5.41, 5.74) is 3.49. The predicted molar refractivity (Wildman–Crippen MR) is 94.5 cm³/mol. The molecule has 1 atom stereocenters. The van der Waals surface area contributed by atoms with Gasteiger partial charge in [0.2, 0.25) is 5.91 Å². The van der Waals surface area contributed by atoms with Crippen LogP contribution in [0.4, 0.5) is 5.69 Å². The Labute approximate surface area is 145 Å². The lowest BCUT2D eigenvalue weighted by molar-refractivity contribution is -0.115. The molecular formula is C20H18N2O3. The zero-order valence-corrected chi connectivity index (χ0v) is 13.9. The average Bonchev–Trinajstić information content (AvgIpc) is 3.20. The number of benzene rings is 2. The third kappa shape index (κ3) is 3.40. The predicted octanol–water partition coefficient (Wildman–Crippen LogP) is 3.85. The number of rotatable bonds is 4. The van der Waals surface area contributed by atoms with E-state index in [2.05, 4.69) is 23.5 Å². The minimum atomic E-state index is -0.123. The summed E-state index contributed by atoms with van der Waals surface area (Å²) in [5, 5.41) is 6.86. The van der Waals surface area contributed by atoms with E-state index >= 15 is 0 Å². The zero-order valence-electron chi connectivity index (χ0n) is 13.9. The average molecular weight is 334 g/mol. The molecule has 0 spiro atoms. The summed E-state index contributed by atoms with van der Waals surface area (Å²) < 4.78 is 11.1. The van der Waals surface area contributed by atoms with Gasteiger partial charge < -0.3 is 14.6 Å². The molecule has 0 saturated carbocycles. The Morgan fingerprint density at radius 2 is 2.04 bits per heavy atom. The molecule has 0 aliphatic carbocycles. The van der Waals surface area contributed by atoms with Gasteiger partial charge in [0.1, 0.15) is 11.9 Å². The summed E-state index contributed by atoms with van der Waals surface area (Å²) in [6.07, 6.45) is 1.27. The van der Waals surface area contributed by atoms with Gasteiger partial charge in [0, 0.05) is 23.7 Å². The number of para-hydroxylation sites is 1. The van der Waals surface area contributed by atoms with Crippen LogP contribution in [0.1, 0.15) is 18.2 Å². The monoisotopic (exact) mass is 334 g/mol. The van der Waals surface area contributed by atoms with E-state index in [1.54, 1.807) is 0 Å². The molecule has 0 saturated heterocycles. The molecule has 25 heavy (non-hydrogen) atoms. The van der Waals surface area contributed by atoms with Gasteiger partial charge in [-0.05, 0) is 42.8 Å². The van der Waals surface area contributed by atoms with Gasteiger partial charge in [-0.25, -0.2) is 0 Å². The second-order valence-electron chi connectivity index (χ2n) is 6.23. The zero-order chi connectivity index (χ0) is 17.2. The molecule has 5 heteroatoms. The van der Waals surface area contributed by atoms with E-state index < -0.39 is 0 Å². The van der Waals surface area contributed by atoms with E-state index in [1.165, 1.54) is 5.56 Å². The van der Waals surface area contributed by atoms with Crippen molar-refractivity contribution in [1.29, 1.82) is 0 Å². The van der Waals surface area contributed by atoms with Gasteiger partial charge >= 0.3 is 0 Å². The molecule has 1 amide bonds. The van der Waals surface area contributed by atoms with E-state index in [1.807, 2.05) is 48.5 Å². The van der Waals surface area contributed by atoms with Gasteiger partial charge in [0.15, 0.2) is 5.76 Å². The van der Waals surface area contributed by atoms with Crippen molar-refractivity contribution in [3.8, 4) is 17.1 Å². The highest BCUT2D eigenvalue weighted by Gasteiger charge is 2.20. The van der Waals surface area contributed by atoms with Gasteiger partial charge in [0.25, 0.3) is 0 Å². The van der Waals surface area contributed by atoms with Crippen LogP contribution in [0, 0.1) is 0 Å². The van der Waals surface area contributed by atoms with E-state index in [0.717, 1.165) is 23.4 Å². The lowest BCUT2D eigenvalue weighted by Gasteiger charge is -2.02. The Hall–Kier alpha value is -3.08. The third-order valence-corrected chi connectivity index (χ3v) is 4.14. The quantitative estimate of drug-likeness (QED) is 0.787. The second-order valence-corrected chi connectivity index (χ2v) is 6.23. The van der Waals surface area contributed by atoms with Crippen LogP contribution < -0.4 is 10.1 Å². The summed E-state index contributed by atoms with van der Waals surface area (Å²) in [4.78, 5) is 12.1. The molecule has 0 fully saturated rings. The highest BCUT2D eigenvalue weighted by atomic mass is 16.5. The summed E-state index contributed by atoms with van der Waals surface area (Å²) in [6.45, 7) is 2.05. The molecule has 1 N–H and O–H groups in total. The van der Waals surface area contributed by atoms with Gasteiger partial charge in [-0.1, -0.05) is 23.4 Å². The van der Waals surface area contributed by atoms with Gasteiger partial charge in [-0.2, -0.15) is 0 Å². The van der Waals surface area contributed by atoms with E-state index in [0.29, 0.717) is 11.5 Å². The number of hydrogen-bond donors (Lipinski definition) is 1. The highest BCUT2D eigenvalue weighted by molar-refractivity contribution is 5.92. The van der Waals surface area contributed by atoms with Crippen LogP contribution in [0.2, 0.25) is 0 Å². The molecule has 126 valence electrons. The standard InChI is InChI=1S/C20H18N2O3/c1-13-9-15-10-14(7-8-18(15)24-13)19-11-17(22-25-19)12-20(23)21-16-5-3-2-4-6-16/h2-8,10-11,13H,9,12H2,1H3,(H,21,23). The number of aromatic nitrogens is 1. The summed E-state index contributed by atoms with van der Waals surface area (Å²) in [7, 11) is 0.